The Kier molecular flexibility index (Phi) is 5.53. The van der Waals surface area contributed by atoms with Gasteiger partial charge < -0.3 is 5.32 Å². The molecule has 0 fully saturated rings. The predicted octanol–water partition coefficient (Wildman–Crippen LogP) is 4.72. The first kappa shape index (κ1) is 13.8. The number of rotatable bonds is 4. The van der Waals surface area contributed by atoms with Crippen LogP contribution < -0.4 is 5.32 Å². The van der Waals surface area contributed by atoms with Crippen LogP contribution in [0.5, 0.6) is 0 Å². The van der Waals surface area contributed by atoms with Crippen LogP contribution in [0.1, 0.15) is 32.4 Å². The molecular weight excluding hydrogens is 286 g/mol. The van der Waals surface area contributed by atoms with Crippen LogP contribution in [0.3, 0.4) is 0 Å². The number of halogens is 2. The van der Waals surface area contributed by atoms with Crippen LogP contribution in [0.25, 0.3) is 0 Å². The zero-order valence-corrected chi connectivity index (χ0v) is 12.2. The van der Waals surface area contributed by atoms with Gasteiger partial charge in [0.15, 0.2) is 0 Å². The van der Waals surface area contributed by atoms with E-state index in [-0.39, 0.29) is 6.04 Å². The molecule has 0 aliphatic heterocycles. The summed E-state index contributed by atoms with van der Waals surface area (Å²) in [5, 5.41) is 4.20. The average Bonchev–Trinajstić information content (AvgIpc) is 2.16. The summed E-state index contributed by atoms with van der Waals surface area (Å²) in [6, 6.07) is 6.19. The van der Waals surface area contributed by atoms with E-state index in [1.54, 1.807) is 0 Å². The molecule has 0 spiro atoms. The molecule has 0 heterocycles. The second kappa shape index (κ2) is 6.43. The van der Waals surface area contributed by atoms with Gasteiger partial charge in [-0.3, -0.25) is 0 Å². The Balaban J connectivity index is 3.05. The Morgan fingerprint density at radius 3 is 2.69 bits per heavy atom. The maximum Gasteiger partial charge on any atom is 0.0523 e. The summed E-state index contributed by atoms with van der Waals surface area (Å²) in [4.78, 5) is 0. The minimum absolute atomic E-state index is 0.190. The molecule has 16 heavy (non-hydrogen) atoms. The van der Waals surface area contributed by atoms with Gasteiger partial charge in [-0.2, -0.15) is 0 Å². The van der Waals surface area contributed by atoms with Gasteiger partial charge >= 0.3 is 0 Å². The summed E-state index contributed by atoms with van der Waals surface area (Å²) in [5.41, 5.74) is 2.40. The monoisotopic (exact) mass is 301 g/mol. The van der Waals surface area contributed by atoms with E-state index >= 15 is 0 Å². The average molecular weight is 303 g/mol. The van der Waals surface area contributed by atoms with Crippen molar-refractivity contribution in [3.05, 3.63) is 44.9 Å². The van der Waals surface area contributed by atoms with E-state index in [9.17, 15) is 0 Å². The van der Waals surface area contributed by atoms with Crippen molar-refractivity contribution in [2.75, 3.05) is 6.54 Å². The normalized spacial score (nSPS) is 12.3. The van der Waals surface area contributed by atoms with Crippen molar-refractivity contribution in [1.29, 1.82) is 0 Å². The van der Waals surface area contributed by atoms with E-state index in [2.05, 4.69) is 54.2 Å². The molecule has 1 N–H and O–H groups in total. The highest BCUT2D eigenvalue weighted by atomic mass is 79.9. The third-order valence-corrected chi connectivity index (χ3v) is 3.04. The minimum atomic E-state index is 0.190. The Morgan fingerprint density at radius 2 is 2.19 bits per heavy atom. The molecule has 1 aromatic carbocycles. The van der Waals surface area contributed by atoms with Gasteiger partial charge in [0.2, 0.25) is 0 Å². The number of allylic oxidation sites excluding steroid dienone is 1. The second-order valence-corrected chi connectivity index (χ2v) is 5.27. The summed E-state index contributed by atoms with van der Waals surface area (Å²) in [7, 11) is 0. The highest BCUT2D eigenvalue weighted by Gasteiger charge is 2.11. The summed E-state index contributed by atoms with van der Waals surface area (Å²) < 4.78 is 1.01. The lowest BCUT2D eigenvalue weighted by atomic mass is 10.0. The molecule has 1 nitrogen and oxygen atoms in total. The zero-order chi connectivity index (χ0) is 12.1. The number of nitrogens with one attached hydrogen (secondary N) is 1. The summed E-state index contributed by atoms with van der Waals surface area (Å²) in [6.07, 6.45) is 2.19. The van der Waals surface area contributed by atoms with E-state index in [1.165, 1.54) is 5.57 Å². The smallest absolute Gasteiger partial charge is 0.0523 e. The lowest BCUT2D eigenvalue weighted by Gasteiger charge is -2.16. The summed E-state index contributed by atoms with van der Waals surface area (Å²) in [5.74, 6) is 0. The zero-order valence-electron chi connectivity index (χ0n) is 9.85. The molecule has 1 aromatic rings. The van der Waals surface area contributed by atoms with Crippen molar-refractivity contribution in [1.82, 2.24) is 5.32 Å². The summed E-state index contributed by atoms with van der Waals surface area (Å²) in [6.45, 7) is 7.20. The number of hydrogen-bond donors (Lipinski definition) is 1. The molecule has 1 rings (SSSR count). The van der Waals surface area contributed by atoms with Crippen molar-refractivity contribution in [3.8, 4) is 0 Å². The molecule has 0 aliphatic rings. The number of likely N-dealkylation sites (N-methyl/N-ethyl adjacent to an activating group) is 1. The molecule has 0 radical (unpaired) electrons. The van der Waals surface area contributed by atoms with Gasteiger partial charge in [0.05, 0.1) is 6.04 Å². The van der Waals surface area contributed by atoms with Gasteiger partial charge in [0.1, 0.15) is 0 Å². The van der Waals surface area contributed by atoms with Crippen LogP contribution in [0, 0.1) is 0 Å². The maximum absolute atomic E-state index is 6.24. The minimum Gasteiger partial charge on any atom is -0.307 e. The highest BCUT2D eigenvalue weighted by Crippen LogP contribution is 2.27. The van der Waals surface area contributed by atoms with E-state index in [0.29, 0.717) is 0 Å². The Labute approximate surface area is 111 Å². The first-order valence-electron chi connectivity index (χ1n) is 5.38. The van der Waals surface area contributed by atoms with E-state index < -0.39 is 0 Å². The van der Waals surface area contributed by atoms with E-state index in [1.807, 2.05) is 12.1 Å². The largest absolute Gasteiger partial charge is 0.307 e. The van der Waals surface area contributed by atoms with Crippen LogP contribution >= 0.6 is 27.5 Å². The Hall–Kier alpha value is -0.310. The molecule has 1 atom stereocenters. The van der Waals surface area contributed by atoms with Crippen LogP contribution in [0.15, 0.2) is 34.3 Å². The maximum atomic E-state index is 6.24. The molecule has 1 unspecified atom stereocenters. The highest BCUT2D eigenvalue weighted by molar-refractivity contribution is 9.10. The fourth-order valence-corrected chi connectivity index (χ4v) is 2.36. The van der Waals surface area contributed by atoms with Crippen molar-refractivity contribution < 1.29 is 0 Å². The predicted molar refractivity (Wildman–Crippen MR) is 75.0 cm³/mol. The van der Waals surface area contributed by atoms with Gasteiger partial charge in [0, 0.05) is 9.50 Å². The van der Waals surface area contributed by atoms with Crippen molar-refractivity contribution in [2.45, 2.75) is 26.8 Å². The fraction of sp³-hybridized carbons (Fsp3) is 0.385. The van der Waals surface area contributed by atoms with Crippen LogP contribution in [0.2, 0.25) is 5.02 Å². The van der Waals surface area contributed by atoms with E-state index in [0.717, 1.165) is 21.6 Å². The SMILES string of the molecule is CCNC(C=C(C)C)c1ccc(Br)cc1Cl. The molecule has 0 saturated carbocycles. The lowest BCUT2D eigenvalue weighted by molar-refractivity contribution is 0.645. The van der Waals surface area contributed by atoms with Gasteiger partial charge in [-0.1, -0.05) is 52.2 Å². The third kappa shape index (κ3) is 3.93. The standard InChI is InChI=1S/C13H17BrClN/c1-4-16-13(7-9(2)3)11-6-5-10(14)8-12(11)15/h5-8,13,16H,4H2,1-3H3. The first-order valence-corrected chi connectivity index (χ1v) is 6.55. The first-order chi connectivity index (χ1) is 7.54. The second-order valence-electron chi connectivity index (χ2n) is 3.95. The Bertz CT molecular complexity index is 384. The van der Waals surface area contributed by atoms with Crippen molar-refractivity contribution in [3.63, 3.8) is 0 Å². The van der Waals surface area contributed by atoms with Gasteiger partial charge in [0.25, 0.3) is 0 Å². The lowest BCUT2D eigenvalue weighted by Crippen LogP contribution is -2.19. The van der Waals surface area contributed by atoms with E-state index in [4.69, 9.17) is 11.6 Å². The summed E-state index contributed by atoms with van der Waals surface area (Å²) >= 11 is 9.66. The number of hydrogen-bond acceptors (Lipinski definition) is 1. The third-order valence-electron chi connectivity index (χ3n) is 2.22. The molecule has 0 saturated heterocycles. The Morgan fingerprint density at radius 1 is 1.50 bits per heavy atom. The van der Waals surface area contributed by atoms with Gasteiger partial charge in [-0.05, 0) is 38.1 Å². The fourth-order valence-electron chi connectivity index (χ4n) is 1.57. The molecule has 88 valence electrons. The molecular formula is C13H17BrClN. The van der Waals surface area contributed by atoms with Crippen LogP contribution in [-0.2, 0) is 0 Å². The van der Waals surface area contributed by atoms with Crippen molar-refractivity contribution >= 4 is 27.5 Å². The molecule has 0 bridgehead atoms. The molecule has 0 amide bonds. The van der Waals surface area contributed by atoms with Crippen molar-refractivity contribution in [2.24, 2.45) is 0 Å². The van der Waals surface area contributed by atoms with Crippen LogP contribution in [0.4, 0.5) is 0 Å². The topological polar surface area (TPSA) is 12.0 Å². The van der Waals surface area contributed by atoms with Crippen LogP contribution in [-0.4, -0.2) is 6.54 Å². The number of benzene rings is 1. The van der Waals surface area contributed by atoms with Gasteiger partial charge in [-0.15, -0.1) is 0 Å². The molecule has 3 heteroatoms. The molecule has 0 aliphatic carbocycles. The quantitative estimate of drug-likeness (QED) is 0.794. The van der Waals surface area contributed by atoms with Gasteiger partial charge in [-0.25, -0.2) is 0 Å². The molecule has 0 aromatic heterocycles.